The lowest BCUT2D eigenvalue weighted by atomic mass is 9.99. The second kappa shape index (κ2) is 6.51. The van der Waals surface area contributed by atoms with Crippen LogP contribution in [0.15, 0.2) is 30.3 Å². The third kappa shape index (κ3) is 5.01. The summed E-state index contributed by atoms with van der Waals surface area (Å²) in [6, 6.07) is 9.98. The zero-order chi connectivity index (χ0) is 17.3. The number of carbonyl (C=O) groups is 1. The Labute approximate surface area is 141 Å². The van der Waals surface area contributed by atoms with Crippen molar-refractivity contribution in [1.29, 1.82) is 0 Å². The maximum Gasteiger partial charge on any atom is 0.308 e. The van der Waals surface area contributed by atoms with Gasteiger partial charge in [-0.3, -0.25) is 4.79 Å². The molecule has 0 amide bonds. The molecule has 2 unspecified atom stereocenters. The number of hydrogen-bond acceptors (Lipinski definition) is 4. The van der Waals surface area contributed by atoms with Crippen molar-refractivity contribution < 1.29 is 18.4 Å². The van der Waals surface area contributed by atoms with Gasteiger partial charge in [0, 0.05) is 6.42 Å². The lowest BCUT2D eigenvalue weighted by molar-refractivity contribution is -0.216. The van der Waals surface area contributed by atoms with Crippen LogP contribution in [-0.2, 0) is 18.4 Å². The molecule has 1 aliphatic heterocycles. The molecule has 0 aliphatic carbocycles. The molecule has 1 heterocycles. The minimum Gasteiger partial charge on any atom is -0.431 e. The van der Waals surface area contributed by atoms with E-state index in [0.29, 0.717) is 12.8 Å². The van der Waals surface area contributed by atoms with Crippen molar-refractivity contribution in [3.8, 4) is 0 Å². The summed E-state index contributed by atoms with van der Waals surface area (Å²) >= 11 is 0. The van der Waals surface area contributed by atoms with Crippen LogP contribution in [0, 0.1) is 0 Å². The predicted molar refractivity (Wildman–Crippen MR) is 96.1 cm³/mol. The van der Waals surface area contributed by atoms with E-state index in [4.69, 9.17) is 13.6 Å². The number of rotatable bonds is 6. The molecule has 4 nitrogen and oxygen atoms in total. The monoisotopic (exact) mass is 352 g/mol. The SMILES string of the molecule is C[Si](C)(C)OC(c1ccccc1)C1(O[Si](C)(C)C)CCC(=O)O1. The van der Waals surface area contributed by atoms with Crippen LogP contribution in [0.3, 0.4) is 0 Å². The topological polar surface area (TPSA) is 44.8 Å². The van der Waals surface area contributed by atoms with E-state index in [-0.39, 0.29) is 12.1 Å². The van der Waals surface area contributed by atoms with Crippen molar-refractivity contribution in [2.75, 3.05) is 0 Å². The highest BCUT2D eigenvalue weighted by Gasteiger charge is 2.52. The van der Waals surface area contributed by atoms with Crippen LogP contribution >= 0.6 is 0 Å². The van der Waals surface area contributed by atoms with E-state index in [1.165, 1.54) is 0 Å². The number of benzene rings is 1. The average Bonchev–Trinajstić information content (AvgIpc) is 2.76. The highest BCUT2D eigenvalue weighted by atomic mass is 28.4. The molecule has 1 aromatic carbocycles. The number of cyclic esters (lactones) is 1. The number of carbonyl (C=O) groups excluding carboxylic acids is 1. The second-order valence-corrected chi connectivity index (χ2v) is 16.9. The normalized spacial score (nSPS) is 23.7. The molecule has 0 aromatic heterocycles. The first kappa shape index (κ1) is 18.4. The first-order valence-corrected chi connectivity index (χ1v) is 15.0. The van der Waals surface area contributed by atoms with Gasteiger partial charge in [-0.15, -0.1) is 0 Å². The summed E-state index contributed by atoms with van der Waals surface area (Å²) in [5.74, 6) is -1.20. The molecule has 0 bridgehead atoms. The Hall–Kier alpha value is -0.956. The molecular formula is C17H28O4Si2. The van der Waals surface area contributed by atoms with Gasteiger partial charge < -0.3 is 13.6 Å². The second-order valence-electron chi connectivity index (χ2n) is 8.02. The molecule has 1 aromatic rings. The first-order valence-electron chi connectivity index (χ1n) is 8.16. The zero-order valence-corrected chi connectivity index (χ0v) is 17.0. The zero-order valence-electron chi connectivity index (χ0n) is 15.0. The molecule has 2 rings (SSSR count). The molecule has 23 heavy (non-hydrogen) atoms. The molecule has 0 saturated carbocycles. The largest absolute Gasteiger partial charge is 0.431 e. The molecular weight excluding hydrogens is 324 g/mol. The van der Waals surface area contributed by atoms with E-state index < -0.39 is 22.4 Å². The maximum absolute atomic E-state index is 11.9. The van der Waals surface area contributed by atoms with Gasteiger partial charge in [0.05, 0.1) is 6.42 Å². The van der Waals surface area contributed by atoms with Gasteiger partial charge in [0.1, 0.15) is 6.10 Å². The van der Waals surface area contributed by atoms with Crippen LogP contribution in [0.4, 0.5) is 0 Å². The van der Waals surface area contributed by atoms with Gasteiger partial charge in [0.15, 0.2) is 16.6 Å². The Kier molecular flexibility index (Phi) is 5.20. The Bertz CT molecular complexity index is 548. The van der Waals surface area contributed by atoms with Crippen LogP contribution in [0.2, 0.25) is 39.3 Å². The minimum absolute atomic E-state index is 0.205. The van der Waals surface area contributed by atoms with E-state index in [1.807, 2.05) is 30.3 Å². The van der Waals surface area contributed by atoms with Gasteiger partial charge in [-0.2, -0.15) is 0 Å². The molecule has 2 atom stereocenters. The van der Waals surface area contributed by atoms with Gasteiger partial charge in [0.25, 0.3) is 0 Å². The summed E-state index contributed by atoms with van der Waals surface area (Å²) in [5.41, 5.74) is 1.00. The van der Waals surface area contributed by atoms with E-state index in [0.717, 1.165) is 5.56 Å². The van der Waals surface area contributed by atoms with Crippen molar-refractivity contribution in [3.05, 3.63) is 35.9 Å². The van der Waals surface area contributed by atoms with Crippen LogP contribution in [0.1, 0.15) is 24.5 Å². The van der Waals surface area contributed by atoms with Gasteiger partial charge in [0.2, 0.25) is 5.79 Å². The van der Waals surface area contributed by atoms with Crippen LogP contribution < -0.4 is 0 Å². The van der Waals surface area contributed by atoms with Gasteiger partial charge in [-0.05, 0) is 44.8 Å². The first-order chi connectivity index (χ1) is 10.5. The van der Waals surface area contributed by atoms with Crippen molar-refractivity contribution in [3.63, 3.8) is 0 Å². The highest BCUT2D eigenvalue weighted by Crippen LogP contribution is 2.44. The third-order valence-corrected chi connectivity index (χ3v) is 5.32. The molecule has 0 radical (unpaired) electrons. The number of ether oxygens (including phenoxy) is 1. The molecule has 6 heteroatoms. The van der Waals surface area contributed by atoms with E-state index in [9.17, 15) is 4.79 Å². The summed E-state index contributed by atoms with van der Waals surface area (Å²) < 4.78 is 18.6. The van der Waals surface area contributed by atoms with Gasteiger partial charge in [-0.25, -0.2) is 0 Å². The predicted octanol–water partition coefficient (Wildman–Crippen LogP) is 4.46. The highest BCUT2D eigenvalue weighted by molar-refractivity contribution is 6.70. The van der Waals surface area contributed by atoms with Crippen molar-refractivity contribution in [1.82, 2.24) is 0 Å². The number of esters is 1. The average molecular weight is 353 g/mol. The minimum atomic E-state index is -1.94. The van der Waals surface area contributed by atoms with E-state index >= 15 is 0 Å². The summed E-state index contributed by atoms with van der Waals surface area (Å²) in [5, 5.41) is 0. The summed E-state index contributed by atoms with van der Waals surface area (Å²) in [4.78, 5) is 11.9. The molecule has 1 aliphatic rings. The fourth-order valence-electron chi connectivity index (χ4n) is 2.79. The quantitative estimate of drug-likeness (QED) is 0.560. The van der Waals surface area contributed by atoms with E-state index in [2.05, 4.69) is 39.3 Å². The van der Waals surface area contributed by atoms with Crippen LogP contribution in [-0.4, -0.2) is 28.4 Å². The van der Waals surface area contributed by atoms with Gasteiger partial charge >= 0.3 is 5.97 Å². The molecule has 0 spiro atoms. The Morgan fingerprint density at radius 3 is 2.09 bits per heavy atom. The molecule has 1 fully saturated rings. The smallest absolute Gasteiger partial charge is 0.308 e. The summed E-state index contributed by atoms with van der Waals surface area (Å²) in [7, 11) is -3.81. The molecule has 0 N–H and O–H groups in total. The fourth-order valence-corrected chi connectivity index (χ4v) is 5.10. The van der Waals surface area contributed by atoms with Crippen LogP contribution in [0.5, 0.6) is 0 Å². The van der Waals surface area contributed by atoms with Gasteiger partial charge in [-0.1, -0.05) is 30.3 Å². The van der Waals surface area contributed by atoms with Crippen molar-refractivity contribution in [2.45, 2.75) is 64.0 Å². The Morgan fingerprint density at radius 1 is 1.04 bits per heavy atom. The molecule has 1 saturated heterocycles. The Balaban J connectivity index is 2.46. The Morgan fingerprint density at radius 2 is 1.65 bits per heavy atom. The van der Waals surface area contributed by atoms with E-state index in [1.54, 1.807) is 0 Å². The maximum atomic E-state index is 11.9. The summed E-state index contributed by atoms with van der Waals surface area (Å²) in [6.07, 6.45) is 0.539. The lowest BCUT2D eigenvalue weighted by Gasteiger charge is -2.42. The molecule has 128 valence electrons. The third-order valence-electron chi connectivity index (χ3n) is 3.42. The standard InChI is InChI=1S/C17H28O4Si2/c1-22(2,3)20-16(14-10-8-7-9-11-14)17(21-23(4,5)6)13-12-15(18)19-17/h7-11,16H,12-13H2,1-6H3. The van der Waals surface area contributed by atoms with Crippen LogP contribution in [0.25, 0.3) is 0 Å². The summed E-state index contributed by atoms with van der Waals surface area (Å²) in [6.45, 7) is 12.7. The fraction of sp³-hybridized carbons (Fsp3) is 0.588. The van der Waals surface area contributed by atoms with Crippen molar-refractivity contribution >= 4 is 22.6 Å². The van der Waals surface area contributed by atoms with Crippen molar-refractivity contribution in [2.24, 2.45) is 0 Å². The lowest BCUT2D eigenvalue weighted by Crippen LogP contribution is -2.50. The number of hydrogen-bond donors (Lipinski definition) is 0.